The van der Waals surface area contributed by atoms with Gasteiger partial charge in [-0.1, -0.05) is 51.4 Å². The molecule has 0 saturated carbocycles. The molecule has 0 aromatic rings. The molecule has 5 nitrogen and oxygen atoms in total. The molecular weight excluding hydrogens is 339 g/mol. The first-order valence-corrected chi connectivity index (χ1v) is 12.5. The number of carbonyl (C=O) groups excluding carboxylic acids is 1. The molecule has 1 amide bonds. The number of nitrogens with one attached hydrogen (secondary N) is 1. The number of rotatable bonds is 12. The smallest absolute Gasteiger partial charge is 0.276 e. The minimum absolute atomic E-state index is 0.0463. The van der Waals surface area contributed by atoms with E-state index in [0.29, 0.717) is 5.75 Å². The van der Waals surface area contributed by atoms with Crippen LogP contribution in [0, 0.1) is 0 Å². The molecule has 0 rings (SSSR count). The molecule has 0 heterocycles. The Morgan fingerprint density at radius 1 is 1.32 bits per heavy atom. The quantitative estimate of drug-likeness (QED) is 0.420. The molecule has 0 aliphatic heterocycles. The van der Waals surface area contributed by atoms with Crippen LogP contribution in [0.25, 0.3) is 0 Å². The molecule has 1 N–H and O–H groups in total. The Morgan fingerprint density at radius 2 is 1.95 bits per heavy atom. The first-order chi connectivity index (χ1) is 10.3. The van der Waals surface area contributed by atoms with E-state index < -0.39 is 17.4 Å². The molecular formula is C14H31N2O3PS2. The van der Waals surface area contributed by atoms with E-state index in [1.165, 1.54) is 23.1 Å². The number of nitrogens with zero attached hydrogens (tertiary/aromatic N) is 1. The van der Waals surface area contributed by atoms with Gasteiger partial charge in [0.15, 0.2) is 0 Å². The lowest BCUT2D eigenvalue weighted by atomic mass is 10.2. The molecule has 3 unspecified atom stereocenters. The molecule has 22 heavy (non-hydrogen) atoms. The van der Waals surface area contributed by atoms with Gasteiger partial charge in [-0.3, -0.25) is 18.2 Å². The topological polar surface area (TPSA) is 66.5 Å². The van der Waals surface area contributed by atoms with Crippen molar-refractivity contribution in [2.45, 2.75) is 58.1 Å². The minimum atomic E-state index is -3.00. The third kappa shape index (κ3) is 8.14. The lowest BCUT2D eigenvalue weighted by Gasteiger charge is -2.28. The van der Waals surface area contributed by atoms with Crippen molar-refractivity contribution in [2.24, 2.45) is 0 Å². The van der Waals surface area contributed by atoms with Gasteiger partial charge in [-0.15, -0.1) is 0 Å². The van der Waals surface area contributed by atoms with Crippen LogP contribution >= 0.6 is 18.0 Å². The van der Waals surface area contributed by atoms with Crippen LogP contribution in [0.4, 0.5) is 0 Å². The zero-order valence-electron chi connectivity index (χ0n) is 14.5. The van der Waals surface area contributed by atoms with Crippen molar-refractivity contribution in [3.63, 3.8) is 0 Å². The van der Waals surface area contributed by atoms with Crippen molar-refractivity contribution >= 4 is 34.7 Å². The second-order valence-corrected chi connectivity index (χ2v) is 12.1. The molecule has 0 bridgehead atoms. The molecule has 3 atom stereocenters. The summed E-state index contributed by atoms with van der Waals surface area (Å²) in [6.07, 6.45) is 5.06. The average molecular weight is 371 g/mol. The molecule has 0 fully saturated rings. The Morgan fingerprint density at radius 3 is 2.45 bits per heavy atom. The summed E-state index contributed by atoms with van der Waals surface area (Å²) in [4.78, 5) is 12.2. The highest BCUT2D eigenvalue weighted by atomic mass is 32.7. The van der Waals surface area contributed by atoms with Gasteiger partial charge in [0.1, 0.15) is 5.75 Å². The van der Waals surface area contributed by atoms with Crippen LogP contribution in [0.15, 0.2) is 0 Å². The highest BCUT2D eigenvalue weighted by Gasteiger charge is 2.32. The molecule has 0 radical (unpaired) electrons. The monoisotopic (exact) mass is 370 g/mol. The fourth-order valence-electron chi connectivity index (χ4n) is 1.73. The Hall–Kier alpha value is 0.160. The van der Waals surface area contributed by atoms with Crippen molar-refractivity contribution < 1.29 is 13.6 Å². The lowest BCUT2D eigenvalue weighted by Crippen LogP contribution is -2.32. The van der Waals surface area contributed by atoms with Crippen molar-refractivity contribution in [1.82, 2.24) is 9.76 Å². The van der Waals surface area contributed by atoms with Gasteiger partial charge in [0, 0.05) is 28.9 Å². The van der Waals surface area contributed by atoms with E-state index in [1.807, 2.05) is 13.8 Å². The second-order valence-electron chi connectivity index (χ2n) is 5.33. The summed E-state index contributed by atoms with van der Waals surface area (Å²) < 4.78 is 26.1. The van der Waals surface area contributed by atoms with E-state index in [1.54, 1.807) is 7.05 Å². The molecule has 0 aliphatic rings. The SMILES string of the molecule is CCCCCCS(=O)CC(=O)N(C)P(=O)(NC)SC(C)CC. The van der Waals surface area contributed by atoms with Gasteiger partial charge >= 0.3 is 0 Å². The van der Waals surface area contributed by atoms with Crippen molar-refractivity contribution in [3.8, 4) is 0 Å². The van der Waals surface area contributed by atoms with Crippen LogP contribution in [0.3, 0.4) is 0 Å². The number of amides is 1. The van der Waals surface area contributed by atoms with Crippen LogP contribution in [0.1, 0.15) is 52.9 Å². The summed E-state index contributed by atoms with van der Waals surface area (Å²) in [7, 11) is 1.96. The van der Waals surface area contributed by atoms with E-state index in [2.05, 4.69) is 12.0 Å². The molecule has 132 valence electrons. The number of hydrogen-bond acceptors (Lipinski definition) is 4. The Balaban J connectivity index is 4.49. The highest BCUT2D eigenvalue weighted by molar-refractivity contribution is 8.57. The predicted molar refractivity (Wildman–Crippen MR) is 98.8 cm³/mol. The second kappa shape index (κ2) is 11.7. The Labute approximate surface area is 142 Å². The van der Waals surface area contributed by atoms with Crippen LogP contribution in [-0.4, -0.2) is 45.6 Å². The molecule has 8 heteroatoms. The molecule has 0 aromatic heterocycles. The van der Waals surface area contributed by atoms with Crippen molar-refractivity contribution in [3.05, 3.63) is 0 Å². The lowest BCUT2D eigenvalue weighted by molar-refractivity contribution is -0.123. The Kier molecular flexibility index (Phi) is 11.7. The number of unbranched alkanes of at least 4 members (excludes halogenated alkanes) is 3. The highest BCUT2D eigenvalue weighted by Crippen LogP contribution is 2.59. The summed E-state index contributed by atoms with van der Waals surface area (Å²) in [5, 5.41) is 2.97. The summed E-state index contributed by atoms with van der Waals surface area (Å²) >= 11 is 1.29. The van der Waals surface area contributed by atoms with E-state index in [0.717, 1.165) is 32.1 Å². The summed E-state index contributed by atoms with van der Waals surface area (Å²) in [5.41, 5.74) is 0. The standard InChI is InChI=1S/C14H31N2O3PS2/c1-6-8-9-10-11-22(19)12-14(17)16(5)20(18,15-4)21-13(3)7-2/h13H,6-12H2,1-5H3,(H,15,18). The fraction of sp³-hybridized carbons (Fsp3) is 0.929. The molecule has 0 spiro atoms. The van der Waals surface area contributed by atoms with E-state index in [9.17, 15) is 13.6 Å². The molecule has 0 saturated heterocycles. The zero-order chi connectivity index (χ0) is 17.2. The fourth-order valence-corrected chi connectivity index (χ4v) is 7.44. The average Bonchev–Trinajstić information content (AvgIpc) is 2.50. The summed E-state index contributed by atoms with van der Waals surface area (Å²) in [6.45, 7) is 3.13. The first-order valence-electron chi connectivity index (χ1n) is 7.90. The van der Waals surface area contributed by atoms with Gasteiger partial charge in [-0.05, 0) is 19.9 Å². The summed E-state index contributed by atoms with van der Waals surface area (Å²) in [5.74, 6) is 0.180. The normalized spacial score (nSPS) is 16.8. The van der Waals surface area contributed by atoms with Crippen LogP contribution in [0.2, 0.25) is 0 Å². The molecule has 0 aromatic carbocycles. The van der Waals surface area contributed by atoms with Gasteiger partial charge in [0.25, 0.3) is 6.65 Å². The largest absolute Gasteiger partial charge is 0.294 e. The van der Waals surface area contributed by atoms with Gasteiger partial charge in [-0.25, -0.2) is 5.09 Å². The van der Waals surface area contributed by atoms with E-state index >= 15 is 0 Å². The van der Waals surface area contributed by atoms with E-state index in [4.69, 9.17) is 0 Å². The van der Waals surface area contributed by atoms with Gasteiger partial charge in [-0.2, -0.15) is 0 Å². The maximum Gasteiger partial charge on any atom is 0.294 e. The van der Waals surface area contributed by atoms with E-state index in [-0.39, 0.29) is 16.9 Å². The zero-order valence-corrected chi connectivity index (χ0v) is 17.0. The van der Waals surface area contributed by atoms with Crippen molar-refractivity contribution in [1.29, 1.82) is 0 Å². The predicted octanol–water partition coefficient (Wildman–Crippen LogP) is 3.63. The van der Waals surface area contributed by atoms with Crippen molar-refractivity contribution in [2.75, 3.05) is 25.6 Å². The summed E-state index contributed by atoms with van der Waals surface area (Å²) in [6, 6.07) is 0. The maximum absolute atomic E-state index is 12.8. The van der Waals surface area contributed by atoms with Gasteiger partial charge in [0.05, 0.1) is 0 Å². The van der Waals surface area contributed by atoms with Crippen LogP contribution in [0.5, 0.6) is 0 Å². The number of carbonyl (C=O) groups is 1. The van der Waals surface area contributed by atoms with Crippen LogP contribution in [-0.2, 0) is 20.2 Å². The molecule has 0 aliphatic carbocycles. The van der Waals surface area contributed by atoms with Gasteiger partial charge in [0.2, 0.25) is 5.91 Å². The van der Waals surface area contributed by atoms with Crippen LogP contribution < -0.4 is 5.09 Å². The van der Waals surface area contributed by atoms with Gasteiger partial charge < -0.3 is 0 Å². The number of hydrogen-bond donors (Lipinski definition) is 1. The first kappa shape index (κ1) is 22.2. The third-order valence-electron chi connectivity index (χ3n) is 3.45. The Bertz CT molecular complexity index is 408. The maximum atomic E-state index is 12.8. The third-order valence-corrected chi connectivity index (χ3v) is 10.5. The minimum Gasteiger partial charge on any atom is -0.276 e.